The standard InChI is InChI=1S/C23H33F2N7O/c1-29(2)16-28-20-18-6-9-32(21(18)27-15-26-20)19-5-4-17(33-19)12-31-14-23(24,25)13-22(31)7-10-30(3)11-8-22/h6,9,15-17,19H,4-5,7-8,10-14H2,1-3H3/b28-16+. The Bertz CT molecular complexity index is 1020. The summed E-state index contributed by atoms with van der Waals surface area (Å²) >= 11 is 0. The quantitative estimate of drug-likeness (QED) is 0.504. The highest BCUT2D eigenvalue weighted by Crippen LogP contribution is 2.46. The van der Waals surface area contributed by atoms with E-state index >= 15 is 0 Å². The molecule has 8 nitrogen and oxygen atoms in total. The lowest BCUT2D eigenvalue weighted by Crippen LogP contribution is -2.53. The first-order valence-corrected chi connectivity index (χ1v) is 11.7. The first-order chi connectivity index (χ1) is 15.7. The molecule has 5 rings (SSSR count). The second kappa shape index (κ2) is 8.56. The molecule has 0 aromatic carbocycles. The van der Waals surface area contributed by atoms with E-state index in [9.17, 15) is 8.78 Å². The van der Waals surface area contributed by atoms with Crippen LogP contribution in [0.25, 0.3) is 11.0 Å². The van der Waals surface area contributed by atoms with Crippen LogP contribution < -0.4 is 0 Å². The minimum Gasteiger partial charge on any atom is -0.369 e. The van der Waals surface area contributed by atoms with Crippen molar-refractivity contribution in [3.05, 3.63) is 18.6 Å². The van der Waals surface area contributed by atoms with Gasteiger partial charge in [-0.25, -0.2) is 23.7 Å². The Morgan fingerprint density at radius 1 is 1.24 bits per heavy atom. The van der Waals surface area contributed by atoms with Gasteiger partial charge in [0.05, 0.1) is 24.4 Å². The first-order valence-electron chi connectivity index (χ1n) is 11.7. The lowest BCUT2D eigenvalue weighted by Gasteiger charge is -2.44. The lowest BCUT2D eigenvalue weighted by atomic mass is 9.84. The molecule has 0 amide bonds. The number of nitrogens with zero attached hydrogens (tertiary/aromatic N) is 7. The van der Waals surface area contributed by atoms with Crippen molar-refractivity contribution in [1.82, 2.24) is 29.2 Å². The minimum absolute atomic E-state index is 0.0284. The van der Waals surface area contributed by atoms with Gasteiger partial charge >= 0.3 is 0 Å². The van der Waals surface area contributed by atoms with Gasteiger partial charge in [-0.1, -0.05) is 0 Å². The molecule has 3 saturated heterocycles. The third kappa shape index (κ3) is 4.48. The fraction of sp³-hybridized carbons (Fsp3) is 0.696. The summed E-state index contributed by atoms with van der Waals surface area (Å²) in [6.07, 6.45) is 8.21. The summed E-state index contributed by atoms with van der Waals surface area (Å²) in [4.78, 5) is 19.3. The van der Waals surface area contributed by atoms with Gasteiger partial charge in [0.2, 0.25) is 0 Å². The molecule has 3 aliphatic rings. The predicted molar refractivity (Wildman–Crippen MR) is 123 cm³/mol. The largest absolute Gasteiger partial charge is 0.369 e. The van der Waals surface area contributed by atoms with Crippen molar-refractivity contribution in [1.29, 1.82) is 0 Å². The number of aromatic nitrogens is 3. The Morgan fingerprint density at radius 3 is 2.79 bits per heavy atom. The van der Waals surface area contributed by atoms with Crippen molar-refractivity contribution in [2.75, 3.05) is 47.3 Å². The molecule has 33 heavy (non-hydrogen) atoms. The molecule has 3 aliphatic heterocycles. The van der Waals surface area contributed by atoms with E-state index in [4.69, 9.17) is 4.74 Å². The number of piperidine rings is 1. The molecule has 0 radical (unpaired) electrons. The van der Waals surface area contributed by atoms with E-state index in [0.29, 0.717) is 12.4 Å². The number of halogens is 2. The molecular formula is C23H33F2N7O. The molecule has 0 aliphatic carbocycles. The summed E-state index contributed by atoms with van der Waals surface area (Å²) in [7, 11) is 5.88. The maximum Gasteiger partial charge on any atom is 0.262 e. The molecular weight excluding hydrogens is 428 g/mol. The Balaban J connectivity index is 1.30. The normalized spacial score (nSPS) is 27.9. The molecule has 0 N–H and O–H groups in total. The van der Waals surface area contributed by atoms with Crippen LogP contribution in [0.3, 0.4) is 0 Å². The average molecular weight is 462 g/mol. The number of alkyl halides is 2. The van der Waals surface area contributed by atoms with E-state index in [1.807, 2.05) is 40.7 Å². The van der Waals surface area contributed by atoms with Crippen molar-refractivity contribution in [2.45, 2.75) is 55.9 Å². The van der Waals surface area contributed by atoms with Gasteiger partial charge in [-0.2, -0.15) is 0 Å². The van der Waals surface area contributed by atoms with Crippen molar-refractivity contribution >= 4 is 23.2 Å². The van der Waals surface area contributed by atoms with Gasteiger partial charge in [0.25, 0.3) is 5.92 Å². The fourth-order valence-corrected chi connectivity index (χ4v) is 5.62. The van der Waals surface area contributed by atoms with E-state index in [1.165, 1.54) is 6.33 Å². The van der Waals surface area contributed by atoms with Crippen LogP contribution >= 0.6 is 0 Å². The smallest absolute Gasteiger partial charge is 0.262 e. The van der Waals surface area contributed by atoms with Crippen LogP contribution in [0.2, 0.25) is 0 Å². The number of likely N-dealkylation sites (tertiary alicyclic amines) is 2. The molecule has 3 fully saturated rings. The number of hydrogen-bond donors (Lipinski definition) is 0. The summed E-state index contributed by atoms with van der Waals surface area (Å²) < 4.78 is 37.4. The van der Waals surface area contributed by atoms with Crippen LogP contribution in [0, 0.1) is 0 Å². The van der Waals surface area contributed by atoms with Crippen molar-refractivity contribution in [2.24, 2.45) is 4.99 Å². The molecule has 5 heterocycles. The molecule has 2 aromatic rings. The molecule has 0 bridgehead atoms. The number of fused-ring (bicyclic) bond motifs is 1. The SMILES string of the molecule is CN(C)/C=N/c1ncnc2c1ccn2C1CCC(CN2CC(F)(F)CC23CCN(C)CC3)O1. The zero-order chi connectivity index (χ0) is 23.2. The van der Waals surface area contributed by atoms with Gasteiger partial charge in [-0.3, -0.25) is 4.90 Å². The topological polar surface area (TPSA) is 62.0 Å². The number of ether oxygens (including phenoxy) is 1. The summed E-state index contributed by atoms with van der Waals surface area (Å²) in [5.41, 5.74) is 0.380. The van der Waals surface area contributed by atoms with Crippen LogP contribution in [0.1, 0.15) is 38.3 Å². The second-order valence-corrected chi connectivity index (χ2v) is 10.1. The highest BCUT2D eigenvalue weighted by molar-refractivity contribution is 5.87. The molecule has 2 unspecified atom stereocenters. The van der Waals surface area contributed by atoms with Crippen molar-refractivity contribution in [3.63, 3.8) is 0 Å². The van der Waals surface area contributed by atoms with Gasteiger partial charge in [-0.15, -0.1) is 0 Å². The fourth-order valence-electron chi connectivity index (χ4n) is 5.62. The second-order valence-electron chi connectivity index (χ2n) is 10.1. The Hall–Kier alpha value is -2.17. The van der Waals surface area contributed by atoms with Crippen molar-refractivity contribution in [3.8, 4) is 0 Å². The predicted octanol–water partition coefficient (Wildman–Crippen LogP) is 3.14. The molecule has 10 heteroatoms. The maximum atomic E-state index is 14.5. The van der Waals surface area contributed by atoms with Crippen LogP contribution in [0.5, 0.6) is 0 Å². The lowest BCUT2D eigenvalue weighted by molar-refractivity contribution is -0.0343. The summed E-state index contributed by atoms with van der Waals surface area (Å²) in [6.45, 7) is 2.14. The zero-order valence-corrected chi connectivity index (χ0v) is 19.6. The minimum atomic E-state index is -2.62. The van der Waals surface area contributed by atoms with E-state index in [0.717, 1.165) is 49.8 Å². The molecule has 2 atom stereocenters. The molecule has 0 saturated carbocycles. The van der Waals surface area contributed by atoms with Crippen LogP contribution in [-0.2, 0) is 4.74 Å². The highest BCUT2D eigenvalue weighted by atomic mass is 19.3. The molecule has 2 aromatic heterocycles. The average Bonchev–Trinajstić information content (AvgIpc) is 3.45. The summed E-state index contributed by atoms with van der Waals surface area (Å²) in [5.74, 6) is -2.00. The highest BCUT2D eigenvalue weighted by Gasteiger charge is 2.55. The monoisotopic (exact) mass is 461 g/mol. The number of aliphatic imine (C=N–C) groups is 1. The van der Waals surface area contributed by atoms with Gasteiger partial charge in [0.15, 0.2) is 5.82 Å². The third-order valence-corrected chi connectivity index (χ3v) is 7.32. The van der Waals surface area contributed by atoms with Crippen LogP contribution in [0.4, 0.5) is 14.6 Å². The van der Waals surface area contributed by atoms with E-state index in [1.54, 1.807) is 6.34 Å². The number of rotatable bonds is 5. The van der Waals surface area contributed by atoms with Gasteiger partial charge in [-0.05, 0) is 51.9 Å². The summed E-state index contributed by atoms with van der Waals surface area (Å²) in [6, 6.07) is 1.96. The van der Waals surface area contributed by atoms with Gasteiger partial charge in [0.1, 0.15) is 18.2 Å². The van der Waals surface area contributed by atoms with E-state index in [2.05, 4.69) is 26.9 Å². The van der Waals surface area contributed by atoms with Crippen molar-refractivity contribution < 1.29 is 13.5 Å². The molecule has 1 spiro atoms. The number of hydrogen-bond acceptors (Lipinski definition) is 6. The van der Waals surface area contributed by atoms with Gasteiger partial charge in [0, 0.05) is 38.8 Å². The Morgan fingerprint density at radius 2 is 2.03 bits per heavy atom. The Labute approximate surface area is 193 Å². The Kier molecular flexibility index (Phi) is 5.86. The van der Waals surface area contributed by atoms with Crippen LogP contribution in [-0.4, -0.2) is 100 Å². The summed E-state index contributed by atoms with van der Waals surface area (Å²) in [5, 5.41) is 0.868. The zero-order valence-electron chi connectivity index (χ0n) is 19.6. The van der Waals surface area contributed by atoms with Gasteiger partial charge < -0.3 is 19.1 Å². The van der Waals surface area contributed by atoms with E-state index in [-0.39, 0.29) is 25.3 Å². The molecule has 180 valence electrons. The third-order valence-electron chi connectivity index (χ3n) is 7.32. The maximum absolute atomic E-state index is 14.5. The van der Waals surface area contributed by atoms with E-state index < -0.39 is 11.5 Å². The first kappa shape index (κ1) is 22.6. The van der Waals surface area contributed by atoms with Crippen LogP contribution in [0.15, 0.2) is 23.6 Å².